The lowest BCUT2D eigenvalue weighted by Crippen LogP contribution is -2.14. The Labute approximate surface area is 182 Å². The van der Waals surface area contributed by atoms with E-state index in [-0.39, 0.29) is 11.8 Å². The first-order valence-electron chi connectivity index (χ1n) is 9.92. The van der Waals surface area contributed by atoms with Crippen LogP contribution in [0.4, 0.5) is 11.4 Å². The average molecular weight is 426 g/mol. The van der Waals surface area contributed by atoms with Crippen LogP contribution >= 0.6 is 0 Å². The number of benzene rings is 3. The lowest BCUT2D eigenvalue weighted by atomic mass is 10.1. The summed E-state index contributed by atoms with van der Waals surface area (Å²) in [5, 5.41) is 5.66. The smallest absolute Gasteiger partial charge is 0.255 e. The maximum absolute atomic E-state index is 12.6. The topological polar surface area (TPSA) is 110 Å². The highest BCUT2D eigenvalue weighted by Gasteiger charge is 2.12. The molecule has 0 aliphatic rings. The van der Waals surface area contributed by atoms with E-state index in [2.05, 4.69) is 20.6 Å². The molecule has 2 amide bonds. The number of hydrogen-bond acceptors (Lipinski definition) is 6. The third-order valence-corrected chi connectivity index (χ3v) is 4.91. The van der Waals surface area contributed by atoms with E-state index in [9.17, 15) is 9.59 Å². The number of fused-ring (bicyclic) bond motifs is 2. The van der Waals surface area contributed by atoms with Crippen LogP contribution in [-0.2, 0) is 0 Å². The molecule has 0 aliphatic heterocycles. The molecule has 3 aromatic carbocycles. The zero-order valence-corrected chi connectivity index (χ0v) is 17.3. The number of nitrogens with zero attached hydrogens (tertiary/aromatic N) is 2. The molecule has 0 spiro atoms. The van der Waals surface area contributed by atoms with Crippen LogP contribution in [0.2, 0.25) is 0 Å². The average Bonchev–Trinajstić information content (AvgIpc) is 3.33. The molecule has 2 N–H and O–H groups in total. The van der Waals surface area contributed by atoms with E-state index >= 15 is 0 Å². The minimum atomic E-state index is -0.289. The van der Waals surface area contributed by atoms with Crippen LogP contribution < -0.4 is 10.6 Å². The van der Waals surface area contributed by atoms with Crippen LogP contribution in [0.1, 0.15) is 32.5 Å². The molecule has 0 aliphatic carbocycles. The van der Waals surface area contributed by atoms with Crippen molar-refractivity contribution in [1.29, 1.82) is 0 Å². The van der Waals surface area contributed by atoms with Crippen LogP contribution in [0, 0.1) is 13.8 Å². The second kappa shape index (κ2) is 7.66. The molecule has 0 radical (unpaired) electrons. The predicted molar refractivity (Wildman–Crippen MR) is 120 cm³/mol. The van der Waals surface area contributed by atoms with Crippen molar-refractivity contribution in [3.8, 4) is 0 Å². The Morgan fingerprint density at radius 1 is 0.656 bits per heavy atom. The molecule has 5 rings (SSSR count). The van der Waals surface area contributed by atoms with Gasteiger partial charge in [-0.05, 0) is 60.7 Å². The standard InChI is InChI=1S/C24H18N4O4/c1-13-25-19-11-17(7-9-21(19)31-13)27-23(29)15-3-5-16(6-4-15)24(30)28-18-8-10-22-20(12-18)26-14(2)32-22/h3-12H,1-2H3,(H,27,29)(H,28,30). The minimum Gasteiger partial charge on any atom is -0.441 e. The van der Waals surface area contributed by atoms with Gasteiger partial charge in [0.15, 0.2) is 22.9 Å². The van der Waals surface area contributed by atoms with E-state index in [4.69, 9.17) is 8.83 Å². The molecular formula is C24H18N4O4. The van der Waals surface area contributed by atoms with Crippen molar-refractivity contribution in [1.82, 2.24) is 9.97 Å². The zero-order chi connectivity index (χ0) is 22.2. The van der Waals surface area contributed by atoms with Crippen molar-refractivity contribution in [2.75, 3.05) is 10.6 Å². The molecule has 32 heavy (non-hydrogen) atoms. The van der Waals surface area contributed by atoms with E-state index in [1.165, 1.54) is 0 Å². The van der Waals surface area contributed by atoms with Crippen molar-refractivity contribution in [2.24, 2.45) is 0 Å². The Hall–Kier alpha value is -4.46. The van der Waals surface area contributed by atoms with E-state index in [0.29, 0.717) is 56.5 Å². The number of rotatable bonds is 4. The predicted octanol–water partition coefficient (Wildman–Crippen LogP) is 5.09. The first kappa shape index (κ1) is 19.5. The second-order valence-corrected chi connectivity index (χ2v) is 7.32. The van der Waals surface area contributed by atoms with Gasteiger partial charge in [0, 0.05) is 36.3 Å². The van der Waals surface area contributed by atoms with Crippen molar-refractivity contribution >= 4 is 45.4 Å². The van der Waals surface area contributed by atoms with Gasteiger partial charge in [0.1, 0.15) is 11.0 Å². The molecule has 8 heteroatoms. The van der Waals surface area contributed by atoms with Crippen LogP contribution in [-0.4, -0.2) is 21.8 Å². The molecule has 5 aromatic rings. The molecule has 0 saturated heterocycles. The summed E-state index contributed by atoms with van der Waals surface area (Å²) in [6, 6.07) is 16.9. The number of aryl methyl sites for hydroxylation is 2. The molecule has 0 bridgehead atoms. The Bertz CT molecular complexity index is 1370. The highest BCUT2D eigenvalue weighted by atomic mass is 16.3. The summed E-state index contributed by atoms with van der Waals surface area (Å²) in [5.74, 6) is 0.550. The van der Waals surface area contributed by atoms with E-state index in [0.717, 1.165) is 0 Å². The highest BCUT2D eigenvalue weighted by molar-refractivity contribution is 6.07. The van der Waals surface area contributed by atoms with Gasteiger partial charge >= 0.3 is 0 Å². The Morgan fingerprint density at radius 3 is 1.47 bits per heavy atom. The Morgan fingerprint density at radius 2 is 1.06 bits per heavy atom. The Kier molecular flexibility index (Phi) is 4.67. The summed E-state index contributed by atoms with van der Waals surface area (Å²) < 4.78 is 10.9. The SMILES string of the molecule is Cc1nc2cc(NC(=O)c3ccc(C(=O)Nc4ccc5oc(C)nc5c4)cc3)ccc2o1. The minimum absolute atomic E-state index is 0.289. The van der Waals surface area contributed by atoms with Crippen molar-refractivity contribution < 1.29 is 18.4 Å². The second-order valence-electron chi connectivity index (χ2n) is 7.32. The molecule has 8 nitrogen and oxygen atoms in total. The monoisotopic (exact) mass is 426 g/mol. The third kappa shape index (κ3) is 3.81. The van der Waals surface area contributed by atoms with Crippen LogP contribution in [0.5, 0.6) is 0 Å². The normalized spacial score (nSPS) is 11.1. The number of anilines is 2. The number of oxazole rings is 2. The highest BCUT2D eigenvalue weighted by Crippen LogP contribution is 2.22. The van der Waals surface area contributed by atoms with Gasteiger partial charge in [-0.3, -0.25) is 9.59 Å². The van der Waals surface area contributed by atoms with Gasteiger partial charge in [0.2, 0.25) is 0 Å². The molecule has 158 valence electrons. The summed E-state index contributed by atoms with van der Waals surface area (Å²) in [5.41, 5.74) is 4.74. The first-order chi connectivity index (χ1) is 15.4. The molecular weight excluding hydrogens is 408 g/mol. The number of amides is 2. The fourth-order valence-corrected chi connectivity index (χ4v) is 3.42. The van der Waals surface area contributed by atoms with Crippen LogP contribution in [0.15, 0.2) is 69.5 Å². The van der Waals surface area contributed by atoms with Gasteiger partial charge < -0.3 is 19.5 Å². The molecule has 2 heterocycles. The zero-order valence-electron chi connectivity index (χ0n) is 17.3. The van der Waals surface area contributed by atoms with Crippen LogP contribution in [0.25, 0.3) is 22.2 Å². The van der Waals surface area contributed by atoms with Crippen LogP contribution in [0.3, 0.4) is 0 Å². The first-order valence-corrected chi connectivity index (χ1v) is 9.92. The van der Waals surface area contributed by atoms with Crippen molar-refractivity contribution in [3.05, 3.63) is 83.6 Å². The maximum Gasteiger partial charge on any atom is 0.255 e. The van der Waals surface area contributed by atoms with Gasteiger partial charge in [-0.15, -0.1) is 0 Å². The molecule has 0 fully saturated rings. The molecule has 0 atom stereocenters. The lowest BCUT2D eigenvalue weighted by molar-refractivity contribution is 0.101. The van der Waals surface area contributed by atoms with Gasteiger partial charge in [0.05, 0.1) is 0 Å². The van der Waals surface area contributed by atoms with Crippen molar-refractivity contribution in [2.45, 2.75) is 13.8 Å². The Balaban J connectivity index is 1.27. The third-order valence-electron chi connectivity index (χ3n) is 4.91. The van der Waals surface area contributed by atoms with Gasteiger partial charge in [0.25, 0.3) is 11.8 Å². The van der Waals surface area contributed by atoms with Gasteiger partial charge in [-0.1, -0.05) is 0 Å². The van der Waals surface area contributed by atoms with E-state index < -0.39 is 0 Å². The van der Waals surface area contributed by atoms with Crippen molar-refractivity contribution in [3.63, 3.8) is 0 Å². The summed E-state index contributed by atoms with van der Waals surface area (Å²) in [6.07, 6.45) is 0. The number of aromatic nitrogens is 2. The molecule has 0 saturated carbocycles. The number of nitrogens with one attached hydrogen (secondary N) is 2. The number of carbonyl (C=O) groups excluding carboxylic acids is 2. The van der Waals surface area contributed by atoms with E-state index in [1.807, 2.05) is 0 Å². The largest absolute Gasteiger partial charge is 0.441 e. The summed E-state index contributed by atoms with van der Waals surface area (Å²) in [6.45, 7) is 3.53. The summed E-state index contributed by atoms with van der Waals surface area (Å²) >= 11 is 0. The summed E-state index contributed by atoms with van der Waals surface area (Å²) in [4.78, 5) is 33.7. The van der Waals surface area contributed by atoms with Gasteiger partial charge in [-0.2, -0.15) is 0 Å². The molecule has 0 unspecified atom stereocenters. The number of carbonyl (C=O) groups is 2. The van der Waals surface area contributed by atoms with Gasteiger partial charge in [-0.25, -0.2) is 9.97 Å². The quantitative estimate of drug-likeness (QED) is 0.414. The fraction of sp³-hybridized carbons (Fsp3) is 0.0833. The van der Waals surface area contributed by atoms with E-state index in [1.54, 1.807) is 74.5 Å². The molecule has 2 aromatic heterocycles. The fourth-order valence-electron chi connectivity index (χ4n) is 3.42. The maximum atomic E-state index is 12.6. The lowest BCUT2D eigenvalue weighted by Gasteiger charge is -2.07. The number of hydrogen-bond donors (Lipinski definition) is 2. The summed E-state index contributed by atoms with van der Waals surface area (Å²) in [7, 11) is 0.